The molecule has 0 aromatic carbocycles. The molecule has 0 rings (SSSR count). The molecule has 0 saturated carbocycles. The van der Waals surface area contributed by atoms with Crippen molar-refractivity contribution >= 4 is 11.9 Å². The van der Waals surface area contributed by atoms with Gasteiger partial charge in [-0.25, -0.2) is 9.59 Å². The van der Waals surface area contributed by atoms with Crippen LogP contribution < -0.4 is 0 Å². The van der Waals surface area contributed by atoms with E-state index in [4.69, 9.17) is 14.6 Å². The first-order valence-corrected chi connectivity index (χ1v) is 6.48. The lowest BCUT2D eigenvalue weighted by molar-refractivity contribution is -0.338. The third-order valence-electron chi connectivity index (χ3n) is 2.09. The Balaban J connectivity index is 4.57. The summed E-state index contributed by atoms with van der Waals surface area (Å²) in [7, 11) is 0. The van der Waals surface area contributed by atoms with Crippen LogP contribution >= 0.6 is 0 Å². The molecule has 0 bridgehead atoms. The molecule has 126 valence electrons. The van der Waals surface area contributed by atoms with Gasteiger partial charge in [0.05, 0.1) is 26.4 Å². The Labute approximate surface area is 128 Å². The van der Waals surface area contributed by atoms with E-state index in [1.165, 1.54) is 13.8 Å². The SMILES string of the molecule is C=C(C)C(=O)OC(O)(COCCOCCO)OC(=O)C(=C)C. The summed E-state index contributed by atoms with van der Waals surface area (Å²) in [4.78, 5) is 23.0. The van der Waals surface area contributed by atoms with Crippen LogP contribution in [0.3, 0.4) is 0 Å². The molecule has 0 atom stereocenters. The normalized spacial score (nSPS) is 10.9. The molecule has 0 aliphatic rings. The summed E-state index contributed by atoms with van der Waals surface area (Å²) in [5.41, 5.74) is 0.0205. The van der Waals surface area contributed by atoms with Crippen molar-refractivity contribution in [1.82, 2.24) is 0 Å². The average molecular weight is 318 g/mol. The summed E-state index contributed by atoms with van der Waals surface area (Å²) >= 11 is 0. The zero-order valence-corrected chi connectivity index (χ0v) is 12.8. The highest BCUT2D eigenvalue weighted by molar-refractivity contribution is 5.88. The number of carbonyl (C=O) groups is 2. The predicted octanol–water partition coefficient (Wildman–Crippen LogP) is -0.103. The van der Waals surface area contributed by atoms with Gasteiger partial charge < -0.3 is 29.2 Å². The van der Waals surface area contributed by atoms with E-state index in [1.807, 2.05) is 0 Å². The summed E-state index contributed by atoms with van der Waals surface area (Å²) in [6, 6.07) is 0. The van der Waals surface area contributed by atoms with Crippen LogP contribution in [0.4, 0.5) is 0 Å². The van der Waals surface area contributed by atoms with E-state index in [0.29, 0.717) is 0 Å². The first-order valence-electron chi connectivity index (χ1n) is 6.48. The summed E-state index contributed by atoms with van der Waals surface area (Å²) in [5.74, 6) is -4.49. The summed E-state index contributed by atoms with van der Waals surface area (Å²) in [6.45, 7) is 9.01. The van der Waals surface area contributed by atoms with Crippen molar-refractivity contribution < 1.29 is 38.7 Å². The topological polar surface area (TPSA) is 112 Å². The third-order valence-corrected chi connectivity index (χ3v) is 2.09. The largest absolute Gasteiger partial charge is 0.398 e. The van der Waals surface area contributed by atoms with Crippen LogP contribution in [-0.4, -0.2) is 61.2 Å². The van der Waals surface area contributed by atoms with Gasteiger partial charge in [0.15, 0.2) is 6.61 Å². The quantitative estimate of drug-likeness (QED) is 0.235. The molecule has 0 aromatic rings. The molecule has 0 amide bonds. The van der Waals surface area contributed by atoms with Crippen LogP contribution in [0.5, 0.6) is 0 Å². The Morgan fingerprint density at radius 2 is 1.41 bits per heavy atom. The van der Waals surface area contributed by atoms with E-state index < -0.39 is 24.5 Å². The number of ether oxygens (including phenoxy) is 4. The second-order valence-corrected chi connectivity index (χ2v) is 4.44. The van der Waals surface area contributed by atoms with Crippen LogP contribution in [0.25, 0.3) is 0 Å². The molecule has 0 fully saturated rings. The van der Waals surface area contributed by atoms with E-state index in [2.05, 4.69) is 22.6 Å². The van der Waals surface area contributed by atoms with Gasteiger partial charge in [0.25, 0.3) is 0 Å². The van der Waals surface area contributed by atoms with E-state index in [0.717, 1.165) is 0 Å². The van der Waals surface area contributed by atoms with Crippen molar-refractivity contribution in [2.45, 2.75) is 19.8 Å². The lowest BCUT2D eigenvalue weighted by Gasteiger charge is -2.26. The molecule has 0 aliphatic heterocycles. The minimum Gasteiger partial charge on any atom is -0.394 e. The highest BCUT2D eigenvalue weighted by atomic mass is 16.9. The van der Waals surface area contributed by atoms with Gasteiger partial charge >= 0.3 is 17.9 Å². The number of hydrogen-bond donors (Lipinski definition) is 2. The number of esters is 2. The lowest BCUT2D eigenvalue weighted by atomic mass is 10.3. The van der Waals surface area contributed by atoms with Gasteiger partial charge in [-0.2, -0.15) is 0 Å². The molecular weight excluding hydrogens is 296 g/mol. The van der Waals surface area contributed by atoms with Crippen molar-refractivity contribution in [1.29, 1.82) is 0 Å². The third kappa shape index (κ3) is 8.53. The molecule has 0 heterocycles. The van der Waals surface area contributed by atoms with Crippen LogP contribution in [-0.2, 0) is 28.5 Å². The second-order valence-electron chi connectivity index (χ2n) is 4.44. The predicted molar refractivity (Wildman–Crippen MR) is 75.5 cm³/mol. The van der Waals surface area contributed by atoms with E-state index in [-0.39, 0.29) is 37.6 Å². The van der Waals surface area contributed by atoms with Crippen molar-refractivity contribution in [3.63, 3.8) is 0 Å². The van der Waals surface area contributed by atoms with Gasteiger partial charge in [0.1, 0.15) is 0 Å². The highest BCUT2D eigenvalue weighted by Crippen LogP contribution is 2.15. The standard InChI is InChI=1S/C14H22O8/c1-10(2)12(16)21-14(18,22-13(17)11(3)4)9-20-8-7-19-6-5-15/h15,18H,1,3,5-9H2,2,4H3. The molecule has 0 spiro atoms. The Bertz CT molecular complexity index is 387. The molecule has 0 unspecified atom stereocenters. The van der Waals surface area contributed by atoms with Crippen LogP contribution in [0.2, 0.25) is 0 Å². The summed E-state index contributed by atoms with van der Waals surface area (Å²) in [6.07, 6.45) is 0. The fraction of sp³-hybridized carbons (Fsp3) is 0.571. The minimum atomic E-state index is -2.59. The van der Waals surface area contributed by atoms with Gasteiger partial charge in [-0.3, -0.25) is 0 Å². The first-order chi connectivity index (χ1) is 10.2. The molecule has 8 nitrogen and oxygen atoms in total. The molecule has 0 radical (unpaired) electrons. The van der Waals surface area contributed by atoms with Gasteiger partial charge in [-0.15, -0.1) is 0 Å². The van der Waals surface area contributed by atoms with Crippen molar-refractivity contribution in [2.75, 3.05) is 33.0 Å². The van der Waals surface area contributed by atoms with E-state index in [9.17, 15) is 14.7 Å². The first kappa shape index (κ1) is 20.3. The van der Waals surface area contributed by atoms with Crippen molar-refractivity contribution in [3.8, 4) is 0 Å². The number of hydrogen-bond acceptors (Lipinski definition) is 8. The molecule has 8 heteroatoms. The highest BCUT2D eigenvalue weighted by Gasteiger charge is 2.37. The Morgan fingerprint density at radius 3 is 1.82 bits per heavy atom. The Morgan fingerprint density at radius 1 is 0.955 bits per heavy atom. The number of aliphatic hydroxyl groups excluding tert-OH is 1. The zero-order chi connectivity index (χ0) is 17.2. The average Bonchev–Trinajstić information content (AvgIpc) is 2.42. The van der Waals surface area contributed by atoms with Crippen molar-refractivity contribution in [3.05, 3.63) is 24.3 Å². The van der Waals surface area contributed by atoms with Gasteiger partial charge in [0.2, 0.25) is 0 Å². The molecule has 0 aliphatic carbocycles. The molecule has 0 aromatic heterocycles. The zero-order valence-electron chi connectivity index (χ0n) is 12.8. The molecule has 0 saturated heterocycles. The number of aliphatic hydroxyl groups is 2. The monoisotopic (exact) mass is 318 g/mol. The number of carbonyl (C=O) groups excluding carboxylic acids is 2. The van der Waals surface area contributed by atoms with Gasteiger partial charge in [-0.1, -0.05) is 13.2 Å². The van der Waals surface area contributed by atoms with Gasteiger partial charge in [-0.05, 0) is 13.8 Å². The fourth-order valence-corrected chi connectivity index (χ4v) is 1.03. The molecule has 2 N–H and O–H groups in total. The maximum Gasteiger partial charge on any atom is 0.398 e. The maximum absolute atomic E-state index is 11.5. The van der Waals surface area contributed by atoms with Crippen LogP contribution in [0.15, 0.2) is 24.3 Å². The van der Waals surface area contributed by atoms with E-state index in [1.54, 1.807) is 0 Å². The fourth-order valence-electron chi connectivity index (χ4n) is 1.03. The Kier molecular flexibility index (Phi) is 9.27. The van der Waals surface area contributed by atoms with Crippen LogP contribution in [0, 0.1) is 0 Å². The smallest absolute Gasteiger partial charge is 0.394 e. The van der Waals surface area contributed by atoms with Crippen LogP contribution in [0.1, 0.15) is 13.8 Å². The van der Waals surface area contributed by atoms with Crippen molar-refractivity contribution in [2.24, 2.45) is 0 Å². The van der Waals surface area contributed by atoms with Gasteiger partial charge in [0, 0.05) is 11.1 Å². The molecule has 22 heavy (non-hydrogen) atoms. The Hall–Kier alpha value is -1.74. The second kappa shape index (κ2) is 10.1. The summed E-state index contributed by atoms with van der Waals surface area (Å²) in [5, 5.41) is 18.6. The summed E-state index contributed by atoms with van der Waals surface area (Å²) < 4.78 is 19.3. The number of rotatable bonds is 11. The minimum absolute atomic E-state index is 0.0103. The molecular formula is C14H22O8. The van der Waals surface area contributed by atoms with E-state index >= 15 is 0 Å². The maximum atomic E-state index is 11.5. The lowest BCUT2D eigenvalue weighted by Crippen LogP contribution is -2.45.